The van der Waals surface area contributed by atoms with Crippen LogP contribution in [0.2, 0.25) is 0 Å². The van der Waals surface area contributed by atoms with Gasteiger partial charge in [0.25, 0.3) is 5.69 Å². The zero-order valence-electron chi connectivity index (χ0n) is 10.3. The van der Waals surface area contributed by atoms with Gasteiger partial charge >= 0.3 is 5.97 Å². The minimum absolute atomic E-state index is 0.338. The predicted octanol–water partition coefficient (Wildman–Crippen LogP) is 2.10. The number of carboxylic acid groups (broad SMARTS) is 1. The van der Waals surface area contributed by atoms with Gasteiger partial charge in [0.2, 0.25) is 0 Å². The summed E-state index contributed by atoms with van der Waals surface area (Å²) in [5.41, 5.74) is 1.27. The van der Waals surface area contributed by atoms with E-state index in [-0.39, 0.29) is 5.56 Å². The second-order valence-corrected chi connectivity index (χ2v) is 4.10. The van der Waals surface area contributed by atoms with E-state index in [9.17, 15) is 14.9 Å². The number of aryl methyl sites for hydroxylation is 2. The van der Waals surface area contributed by atoms with E-state index in [4.69, 9.17) is 5.11 Å². The number of benzene rings is 1. The molecule has 1 aromatic heterocycles. The van der Waals surface area contributed by atoms with Gasteiger partial charge in [0.15, 0.2) is 0 Å². The third kappa shape index (κ3) is 2.30. The second-order valence-electron chi connectivity index (χ2n) is 4.10. The number of nitrogens with zero attached hydrogens (tertiary/aromatic N) is 3. The minimum atomic E-state index is -1.33. The molecule has 2 rings (SSSR count). The summed E-state index contributed by atoms with van der Waals surface area (Å²) in [4.78, 5) is 21.1. The van der Waals surface area contributed by atoms with E-state index in [1.807, 2.05) is 19.9 Å². The average Bonchev–Trinajstić information content (AvgIpc) is 2.67. The molecule has 0 fully saturated rings. The van der Waals surface area contributed by atoms with Crippen molar-refractivity contribution in [1.29, 1.82) is 0 Å². The topological polar surface area (TPSA) is 98.3 Å². The van der Waals surface area contributed by atoms with Crippen LogP contribution in [0.3, 0.4) is 0 Å². The number of carboxylic acids is 1. The summed E-state index contributed by atoms with van der Waals surface area (Å²) in [5.74, 6) is -1.33. The Morgan fingerprint density at radius 2 is 2.05 bits per heavy atom. The van der Waals surface area contributed by atoms with Crippen LogP contribution < -0.4 is 0 Å². The van der Waals surface area contributed by atoms with E-state index in [1.165, 1.54) is 22.9 Å². The molecule has 1 N–H and O–H groups in total. The molecule has 2 aromatic rings. The quantitative estimate of drug-likeness (QED) is 0.673. The summed E-state index contributed by atoms with van der Waals surface area (Å²) in [6.45, 7) is 3.63. The lowest BCUT2D eigenvalue weighted by Crippen LogP contribution is -2.05. The molecule has 0 aliphatic carbocycles. The van der Waals surface area contributed by atoms with E-state index in [0.29, 0.717) is 5.69 Å². The van der Waals surface area contributed by atoms with E-state index in [0.717, 1.165) is 11.4 Å². The van der Waals surface area contributed by atoms with E-state index in [1.54, 1.807) is 0 Å². The molecule has 1 heterocycles. The predicted molar refractivity (Wildman–Crippen MR) is 66.7 cm³/mol. The standard InChI is InChI=1S/C12H11N3O4/c1-7-5-8(2)14(13-7)9-3-4-10(12(16)17)11(6-9)15(18)19/h3-6H,1-2H3,(H,16,17). The highest BCUT2D eigenvalue weighted by Crippen LogP contribution is 2.23. The number of nitro benzene ring substituents is 1. The van der Waals surface area contributed by atoms with Crippen molar-refractivity contribution in [3.63, 3.8) is 0 Å². The second kappa shape index (κ2) is 4.52. The largest absolute Gasteiger partial charge is 0.477 e. The van der Waals surface area contributed by atoms with Gasteiger partial charge in [0.05, 0.1) is 16.3 Å². The van der Waals surface area contributed by atoms with Crippen LogP contribution in [-0.4, -0.2) is 25.8 Å². The number of nitro groups is 1. The molecular weight excluding hydrogens is 250 g/mol. The molecule has 1 aromatic carbocycles. The summed E-state index contributed by atoms with van der Waals surface area (Å²) < 4.78 is 1.54. The van der Waals surface area contributed by atoms with Crippen molar-refractivity contribution < 1.29 is 14.8 Å². The Morgan fingerprint density at radius 1 is 1.37 bits per heavy atom. The highest BCUT2D eigenvalue weighted by atomic mass is 16.6. The molecule has 7 nitrogen and oxygen atoms in total. The molecule has 0 radical (unpaired) electrons. The van der Waals surface area contributed by atoms with Crippen LogP contribution in [0.15, 0.2) is 24.3 Å². The Hall–Kier alpha value is -2.70. The lowest BCUT2D eigenvalue weighted by Gasteiger charge is -2.05. The number of hydrogen-bond acceptors (Lipinski definition) is 4. The smallest absolute Gasteiger partial charge is 0.342 e. The zero-order valence-corrected chi connectivity index (χ0v) is 10.3. The van der Waals surface area contributed by atoms with Crippen LogP contribution in [0.4, 0.5) is 5.69 Å². The van der Waals surface area contributed by atoms with Crippen molar-refractivity contribution in [1.82, 2.24) is 9.78 Å². The van der Waals surface area contributed by atoms with E-state index >= 15 is 0 Å². The first kappa shape index (κ1) is 12.7. The molecule has 0 amide bonds. The fraction of sp³-hybridized carbons (Fsp3) is 0.167. The van der Waals surface area contributed by atoms with E-state index < -0.39 is 16.6 Å². The molecule has 0 spiro atoms. The maximum absolute atomic E-state index is 10.9. The van der Waals surface area contributed by atoms with Gasteiger partial charge in [-0.2, -0.15) is 5.10 Å². The fourth-order valence-electron chi connectivity index (χ4n) is 1.87. The van der Waals surface area contributed by atoms with Gasteiger partial charge in [0.1, 0.15) is 5.56 Å². The Labute approximate surface area is 108 Å². The van der Waals surface area contributed by atoms with E-state index in [2.05, 4.69) is 5.10 Å². The van der Waals surface area contributed by atoms with Crippen molar-refractivity contribution in [2.75, 3.05) is 0 Å². The van der Waals surface area contributed by atoms with Gasteiger partial charge in [-0.15, -0.1) is 0 Å². The van der Waals surface area contributed by atoms with Gasteiger partial charge in [-0.05, 0) is 32.0 Å². The molecule has 7 heteroatoms. The molecule has 0 unspecified atom stereocenters. The molecular formula is C12H11N3O4. The SMILES string of the molecule is Cc1cc(C)n(-c2ccc(C(=O)O)c([N+](=O)[O-])c2)n1. The minimum Gasteiger partial charge on any atom is -0.477 e. The van der Waals surface area contributed by atoms with Crippen LogP contribution in [0.25, 0.3) is 5.69 Å². The molecule has 0 atom stereocenters. The number of hydrogen-bond donors (Lipinski definition) is 1. The van der Waals surface area contributed by atoms with Crippen molar-refractivity contribution in [3.05, 3.63) is 51.3 Å². The summed E-state index contributed by atoms with van der Waals surface area (Å²) in [6.07, 6.45) is 0. The van der Waals surface area contributed by atoms with Gasteiger partial charge in [0, 0.05) is 11.8 Å². The Bertz CT molecular complexity index is 676. The maximum Gasteiger partial charge on any atom is 0.342 e. The third-order valence-corrected chi connectivity index (χ3v) is 2.66. The third-order valence-electron chi connectivity index (χ3n) is 2.66. The summed E-state index contributed by atoms with van der Waals surface area (Å²) in [7, 11) is 0. The van der Waals surface area contributed by atoms with Gasteiger partial charge in [-0.1, -0.05) is 0 Å². The average molecular weight is 261 g/mol. The van der Waals surface area contributed by atoms with Crippen LogP contribution in [0.1, 0.15) is 21.7 Å². The zero-order chi connectivity index (χ0) is 14.2. The highest BCUT2D eigenvalue weighted by Gasteiger charge is 2.21. The van der Waals surface area contributed by atoms with Gasteiger partial charge in [-0.25, -0.2) is 9.48 Å². The van der Waals surface area contributed by atoms with Crippen molar-refractivity contribution in [3.8, 4) is 5.69 Å². The number of carbonyl (C=O) groups is 1. The van der Waals surface area contributed by atoms with Crippen molar-refractivity contribution in [2.24, 2.45) is 0 Å². The molecule has 0 bridgehead atoms. The first-order chi connectivity index (χ1) is 8.90. The lowest BCUT2D eigenvalue weighted by molar-refractivity contribution is -0.385. The van der Waals surface area contributed by atoms with Crippen LogP contribution in [-0.2, 0) is 0 Å². The maximum atomic E-state index is 10.9. The van der Waals surface area contributed by atoms with Gasteiger partial charge in [-0.3, -0.25) is 10.1 Å². The fourth-order valence-corrected chi connectivity index (χ4v) is 1.87. The monoisotopic (exact) mass is 261 g/mol. The van der Waals surface area contributed by atoms with Gasteiger partial charge < -0.3 is 5.11 Å². The number of rotatable bonds is 3. The first-order valence-electron chi connectivity index (χ1n) is 5.45. The van der Waals surface area contributed by atoms with Crippen LogP contribution in [0, 0.1) is 24.0 Å². The molecule has 0 aliphatic heterocycles. The molecule has 0 saturated heterocycles. The first-order valence-corrected chi connectivity index (χ1v) is 5.45. The van der Waals surface area contributed by atoms with Crippen molar-refractivity contribution >= 4 is 11.7 Å². The Morgan fingerprint density at radius 3 is 2.53 bits per heavy atom. The van der Waals surface area contributed by atoms with Crippen LogP contribution in [0.5, 0.6) is 0 Å². The molecule has 0 aliphatic rings. The van der Waals surface area contributed by atoms with Crippen LogP contribution >= 0.6 is 0 Å². The molecule has 19 heavy (non-hydrogen) atoms. The Balaban J connectivity index is 2.61. The molecule has 98 valence electrons. The normalized spacial score (nSPS) is 10.4. The summed E-state index contributed by atoms with van der Waals surface area (Å²) in [5, 5.41) is 24.0. The number of aromatic carboxylic acids is 1. The Kier molecular flexibility index (Phi) is 3.04. The summed E-state index contributed by atoms with van der Waals surface area (Å²) in [6, 6.07) is 5.75. The lowest BCUT2D eigenvalue weighted by atomic mass is 10.1. The highest BCUT2D eigenvalue weighted by molar-refractivity contribution is 5.92. The van der Waals surface area contributed by atoms with Crippen molar-refractivity contribution in [2.45, 2.75) is 13.8 Å². The number of aromatic nitrogens is 2. The molecule has 0 saturated carbocycles. The summed E-state index contributed by atoms with van der Waals surface area (Å²) >= 11 is 0.